The van der Waals surface area contributed by atoms with Crippen molar-refractivity contribution in [3.8, 4) is 11.5 Å². The summed E-state index contributed by atoms with van der Waals surface area (Å²) in [7, 11) is 0. The number of carbonyl (C=O) groups excluding carboxylic acids is 2. The van der Waals surface area contributed by atoms with Gasteiger partial charge in [0, 0.05) is 17.7 Å². The molecule has 4 aromatic rings. The van der Waals surface area contributed by atoms with E-state index >= 15 is 0 Å². The molecule has 0 unspecified atom stereocenters. The predicted molar refractivity (Wildman–Crippen MR) is 163 cm³/mol. The van der Waals surface area contributed by atoms with E-state index in [1.807, 2.05) is 6.92 Å². The molecule has 6 rings (SSSR count). The van der Waals surface area contributed by atoms with Crippen LogP contribution in [0.3, 0.4) is 0 Å². The molecule has 8 nitrogen and oxygen atoms in total. The van der Waals surface area contributed by atoms with Crippen LogP contribution in [0.15, 0.2) is 89.3 Å². The van der Waals surface area contributed by atoms with Gasteiger partial charge in [0.1, 0.15) is 35.8 Å². The molecule has 1 N–H and O–H groups in total. The van der Waals surface area contributed by atoms with Gasteiger partial charge in [0.25, 0.3) is 5.78 Å². The van der Waals surface area contributed by atoms with Crippen molar-refractivity contribution < 1.29 is 28.6 Å². The summed E-state index contributed by atoms with van der Waals surface area (Å²) in [6.07, 6.45) is 2.28. The average Bonchev–Trinajstić information content (AvgIpc) is 3.70. The lowest BCUT2D eigenvalue weighted by molar-refractivity contribution is -0.132. The first-order chi connectivity index (χ1) is 20.8. The summed E-state index contributed by atoms with van der Waals surface area (Å²) in [4.78, 5) is 28.5. The van der Waals surface area contributed by atoms with Gasteiger partial charge in [-0.15, -0.1) is 10.2 Å². The average molecular weight is 616 g/mol. The fraction of sp³-hybridized carbons (Fsp3) is 0.188. The fourth-order valence-electron chi connectivity index (χ4n) is 5.08. The molecule has 2 atom stereocenters. The van der Waals surface area contributed by atoms with Crippen LogP contribution in [0.1, 0.15) is 35.2 Å². The third kappa shape index (κ3) is 5.78. The number of fused-ring (bicyclic) bond motifs is 1. The van der Waals surface area contributed by atoms with Gasteiger partial charge in [0.15, 0.2) is 4.34 Å². The number of aliphatic hydroxyl groups is 1. The van der Waals surface area contributed by atoms with E-state index in [1.165, 1.54) is 28.8 Å². The van der Waals surface area contributed by atoms with Gasteiger partial charge in [-0.3, -0.25) is 14.5 Å². The lowest BCUT2D eigenvalue weighted by Crippen LogP contribution is -2.29. The SMILES string of the molecule is C=CCOc1cccc([C@H]2C(=C(O)c3ccc4c(c3)C[C@H](C)O4)C(=O)C(=O)N2c2nnc(SCc3ccc(F)cc3)s2)c1. The monoisotopic (exact) mass is 615 g/mol. The van der Waals surface area contributed by atoms with E-state index in [4.69, 9.17) is 9.47 Å². The van der Waals surface area contributed by atoms with E-state index in [-0.39, 0.29) is 35.0 Å². The Hall–Kier alpha value is -4.48. The van der Waals surface area contributed by atoms with E-state index in [2.05, 4.69) is 16.8 Å². The molecule has 43 heavy (non-hydrogen) atoms. The topological polar surface area (TPSA) is 102 Å². The molecule has 1 fully saturated rings. The number of thioether (sulfide) groups is 1. The molecule has 1 amide bonds. The molecule has 1 aromatic heterocycles. The van der Waals surface area contributed by atoms with Gasteiger partial charge in [-0.1, -0.05) is 60.0 Å². The number of hydrogen-bond donors (Lipinski definition) is 1. The number of rotatable bonds is 9. The van der Waals surface area contributed by atoms with Crippen molar-refractivity contribution in [2.75, 3.05) is 11.5 Å². The number of nitrogens with zero attached hydrogens (tertiary/aromatic N) is 3. The Balaban J connectivity index is 1.39. The first-order valence-corrected chi connectivity index (χ1v) is 15.3. The van der Waals surface area contributed by atoms with Crippen molar-refractivity contribution in [1.82, 2.24) is 10.2 Å². The highest BCUT2D eigenvalue weighted by Gasteiger charge is 2.48. The summed E-state index contributed by atoms with van der Waals surface area (Å²) in [6.45, 7) is 5.91. The maximum Gasteiger partial charge on any atom is 0.301 e. The first-order valence-electron chi connectivity index (χ1n) is 13.5. The molecule has 0 bridgehead atoms. The number of amides is 1. The molecule has 0 spiro atoms. The molecular formula is C32H26FN3O5S2. The number of aliphatic hydroxyl groups excluding tert-OH is 1. The Morgan fingerprint density at radius 3 is 2.79 bits per heavy atom. The van der Waals surface area contributed by atoms with Gasteiger partial charge in [-0.25, -0.2) is 4.39 Å². The quantitative estimate of drug-likeness (QED) is 0.0570. The summed E-state index contributed by atoms with van der Waals surface area (Å²) in [6, 6.07) is 17.4. The van der Waals surface area contributed by atoms with Crippen LogP contribution in [0, 0.1) is 5.82 Å². The number of anilines is 1. The molecule has 11 heteroatoms. The van der Waals surface area contributed by atoms with Gasteiger partial charge >= 0.3 is 5.91 Å². The number of carbonyl (C=O) groups is 2. The van der Waals surface area contributed by atoms with Crippen molar-refractivity contribution in [3.63, 3.8) is 0 Å². The molecule has 2 aliphatic rings. The van der Waals surface area contributed by atoms with E-state index in [9.17, 15) is 19.1 Å². The van der Waals surface area contributed by atoms with Gasteiger partial charge < -0.3 is 14.6 Å². The largest absolute Gasteiger partial charge is 0.507 e. The van der Waals surface area contributed by atoms with Gasteiger partial charge in [0.05, 0.1) is 11.6 Å². The minimum atomic E-state index is -0.987. The smallest absolute Gasteiger partial charge is 0.301 e. The second-order valence-corrected chi connectivity index (χ2v) is 12.2. The van der Waals surface area contributed by atoms with Crippen LogP contribution in [-0.2, 0) is 21.8 Å². The normalized spacial score (nSPS) is 18.9. The number of halogens is 1. The lowest BCUT2D eigenvalue weighted by atomic mass is 9.94. The Labute approximate surface area is 255 Å². The van der Waals surface area contributed by atoms with Crippen LogP contribution < -0.4 is 14.4 Å². The fourth-order valence-corrected chi connectivity index (χ4v) is 6.91. The van der Waals surface area contributed by atoms with Gasteiger partial charge in [-0.2, -0.15) is 0 Å². The summed E-state index contributed by atoms with van der Waals surface area (Å²) in [5, 5.41) is 20.3. The standard InChI is InChI=1S/C32H26FN3O5S2/c1-3-13-40-24-6-4-5-20(16-24)27-26(28(37)21-9-12-25-22(15-21)14-18(2)41-25)29(38)30(39)36(27)31-34-35-32(43-31)42-17-19-7-10-23(33)11-8-19/h3-12,15-16,18,27,37H,1,13-14,17H2,2H3/t18-,27-/m0/s1. The molecule has 0 radical (unpaired) electrons. The molecule has 3 heterocycles. The second kappa shape index (κ2) is 12.0. The Morgan fingerprint density at radius 1 is 1.19 bits per heavy atom. The van der Waals surface area contributed by atoms with Crippen LogP contribution in [-0.4, -0.2) is 39.7 Å². The van der Waals surface area contributed by atoms with E-state index in [1.54, 1.807) is 60.7 Å². The summed E-state index contributed by atoms with van der Waals surface area (Å²) in [5.74, 6) is -0.508. The van der Waals surface area contributed by atoms with Gasteiger partial charge in [0.2, 0.25) is 5.13 Å². The van der Waals surface area contributed by atoms with Crippen molar-refractivity contribution in [3.05, 3.63) is 113 Å². The van der Waals surface area contributed by atoms with E-state index < -0.39 is 17.7 Å². The number of ether oxygens (including phenoxy) is 2. The number of hydrogen-bond acceptors (Lipinski definition) is 9. The molecule has 218 valence electrons. The van der Waals surface area contributed by atoms with Crippen molar-refractivity contribution in [2.45, 2.75) is 35.6 Å². The highest BCUT2D eigenvalue weighted by atomic mass is 32.2. The zero-order valence-corrected chi connectivity index (χ0v) is 24.7. The number of Topliss-reactive ketones (excluding diaryl/α,β-unsaturated/α-hetero) is 1. The molecule has 2 aliphatic heterocycles. The Morgan fingerprint density at radius 2 is 2.00 bits per heavy atom. The zero-order valence-electron chi connectivity index (χ0n) is 23.0. The zero-order chi connectivity index (χ0) is 30.1. The Bertz CT molecular complexity index is 1750. The predicted octanol–water partition coefficient (Wildman–Crippen LogP) is 6.48. The van der Waals surface area contributed by atoms with Crippen LogP contribution >= 0.6 is 23.1 Å². The highest BCUT2D eigenvalue weighted by molar-refractivity contribution is 8.00. The van der Waals surface area contributed by atoms with Crippen molar-refractivity contribution >= 4 is 45.7 Å². The summed E-state index contributed by atoms with van der Waals surface area (Å²) < 4.78 is 25.4. The minimum Gasteiger partial charge on any atom is -0.507 e. The first kappa shape index (κ1) is 28.6. The van der Waals surface area contributed by atoms with Crippen LogP contribution in [0.4, 0.5) is 9.52 Å². The van der Waals surface area contributed by atoms with Crippen LogP contribution in [0.2, 0.25) is 0 Å². The highest BCUT2D eigenvalue weighted by Crippen LogP contribution is 2.45. The molecule has 0 saturated carbocycles. The van der Waals surface area contributed by atoms with Crippen LogP contribution in [0.25, 0.3) is 5.76 Å². The van der Waals surface area contributed by atoms with Crippen molar-refractivity contribution in [1.29, 1.82) is 0 Å². The number of ketones is 1. The maximum absolute atomic E-state index is 13.6. The molecule has 3 aromatic carbocycles. The lowest BCUT2D eigenvalue weighted by Gasteiger charge is -2.23. The van der Waals surface area contributed by atoms with Crippen LogP contribution in [0.5, 0.6) is 11.5 Å². The summed E-state index contributed by atoms with van der Waals surface area (Å²) >= 11 is 2.54. The van der Waals surface area contributed by atoms with Gasteiger partial charge in [-0.05, 0) is 66.1 Å². The third-order valence-electron chi connectivity index (χ3n) is 7.03. The maximum atomic E-state index is 13.6. The van der Waals surface area contributed by atoms with E-state index in [0.29, 0.717) is 33.4 Å². The Kier molecular flexibility index (Phi) is 8.00. The van der Waals surface area contributed by atoms with Crippen molar-refractivity contribution in [2.24, 2.45) is 0 Å². The second-order valence-electron chi connectivity index (χ2n) is 10.1. The molecule has 1 saturated heterocycles. The molecular weight excluding hydrogens is 590 g/mol. The molecule has 0 aliphatic carbocycles. The number of aromatic nitrogens is 2. The third-order valence-corrected chi connectivity index (χ3v) is 9.16. The minimum absolute atomic E-state index is 0.00353. The summed E-state index contributed by atoms with van der Waals surface area (Å²) in [5.41, 5.74) is 2.71. The van der Waals surface area contributed by atoms with E-state index in [0.717, 1.165) is 28.2 Å². The number of benzene rings is 3.